The van der Waals surface area contributed by atoms with E-state index in [1.54, 1.807) is 12.1 Å². The van der Waals surface area contributed by atoms with Crippen LogP contribution in [0.4, 0.5) is 0 Å². The van der Waals surface area contributed by atoms with Crippen LogP contribution in [0.2, 0.25) is 0 Å². The molecule has 0 atom stereocenters. The maximum atomic E-state index is 12.2. The van der Waals surface area contributed by atoms with Gasteiger partial charge in [0.25, 0.3) is 0 Å². The van der Waals surface area contributed by atoms with E-state index in [2.05, 4.69) is 15.9 Å². The molecule has 3 nitrogen and oxygen atoms in total. The summed E-state index contributed by atoms with van der Waals surface area (Å²) in [5.74, 6) is 0. The van der Waals surface area contributed by atoms with E-state index >= 15 is 0 Å². The normalized spacial score (nSPS) is 11.1. The van der Waals surface area contributed by atoms with Crippen molar-refractivity contribution in [2.24, 2.45) is 0 Å². The summed E-state index contributed by atoms with van der Waals surface area (Å²) in [6.45, 7) is 0. The smallest absolute Gasteiger partial charge is 0.306 e. The average Bonchev–Trinajstić information content (AvgIpc) is 2.39. The van der Waals surface area contributed by atoms with Crippen LogP contribution in [0, 0.1) is 4.91 Å². The van der Waals surface area contributed by atoms with Crippen LogP contribution in [0.15, 0.2) is 46.9 Å². The number of hydrogen-bond acceptors (Lipinski definition) is 2. The van der Waals surface area contributed by atoms with Gasteiger partial charge in [0, 0.05) is 22.4 Å². The number of para-hydroxylation sites is 2. The SMILES string of the molecule is O=[n+]1c2ccccc2oc2ccc(CBr)cc21. The van der Waals surface area contributed by atoms with E-state index < -0.39 is 0 Å². The molecule has 1 aromatic heterocycles. The summed E-state index contributed by atoms with van der Waals surface area (Å²) in [5.41, 5.74) is 3.35. The first-order valence-electron chi connectivity index (χ1n) is 5.22. The lowest BCUT2D eigenvalue weighted by Gasteiger charge is -1.96. The zero-order valence-electron chi connectivity index (χ0n) is 8.89. The van der Waals surface area contributed by atoms with Gasteiger partial charge in [-0.05, 0) is 17.7 Å². The summed E-state index contributed by atoms with van der Waals surface area (Å²) in [4.78, 5) is 12.2. The van der Waals surface area contributed by atoms with Crippen molar-refractivity contribution in [1.29, 1.82) is 0 Å². The Kier molecular flexibility index (Phi) is 2.44. The van der Waals surface area contributed by atoms with Gasteiger partial charge >= 0.3 is 11.0 Å². The predicted molar refractivity (Wildman–Crippen MR) is 69.7 cm³/mol. The fourth-order valence-corrected chi connectivity index (χ4v) is 2.20. The highest BCUT2D eigenvalue weighted by molar-refractivity contribution is 9.08. The maximum absolute atomic E-state index is 12.2. The molecule has 0 saturated carbocycles. The molecule has 2 aromatic carbocycles. The first kappa shape index (κ1) is 10.5. The summed E-state index contributed by atoms with van der Waals surface area (Å²) >= 11 is 3.38. The zero-order valence-corrected chi connectivity index (χ0v) is 10.5. The van der Waals surface area contributed by atoms with E-state index in [-0.39, 0.29) is 0 Å². The van der Waals surface area contributed by atoms with Gasteiger partial charge in [0.15, 0.2) is 0 Å². The van der Waals surface area contributed by atoms with Crippen molar-refractivity contribution >= 4 is 38.1 Å². The molecule has 17 heavy (non-hydrogen) atoms. The number of nitrogens with zero attached hydrogens (tertiary/aromatic N) is 1. The lowest BCUT2D eigenvalue weighted by atomic mass is 10.2. The molecule has 0 spiro atoms. The molecule has 0 aliphatic carbocycles. The van der Waals surface area contributed by atoms with Crippen LogP contribution in [0.1, 0.15) is 5.56 Å². The first-order valence-corrected chi connectivity index (χ1v) is 6.35. The Morgan fingerprint density at radius 3 is 2.65 bits per heavy atom. The molecule has 84 valence electrons. The predicted octanol–water partition coefficient (Wildman–Crippen LogP) is 3.40. The van der Waals surface area contributed by atoms with E-state index in [1.807, 2.05) is 30.3 Å². The second kappa shape index (κ2) is 3.96. The first-order chi connectivity index (χ1) is 8.29. The van der Waals surface area contributed by atoms with Crippen LogP contribution < -0.4 is 4.43 Å². The molecule has 4 heteroatoms. The number of benzene rings is 2. The minimum absolute atomic E-state index is 0.548. The van der Waals surface area contributed by atoms with Gasteiger partial charge in [-0.15, -0.1) is 0 Å². The lowest BCUT2D eigenvalue weighted by Crippen LogP contribution is -2.16. The molecule has 0 radical (unpaired) electrons. The van der Waals surface area contributed by atoms with Gasteiger partial charge < -0.3 is 4.42 Å². The molecular formula is C13H9BrNO2+. The molecule has 0 aliphatic rings. The van der Waals surface area contributed by atoms with E-state index in [0.29, 0.717) is 22.2 Å². The van der Waals surface area contributed by atoms with Crippen molar-refractivity contribution < 1.29 is 8.84 Å². The number of aromatic nitrogens is 1. The Balaban J connectivity index is 2.51. The molecule has 0 amide bonds. The topological polar surface area (TPSA) is 36.1 Å². The molecule has 0 N–H and O–H groups in total. The van der Waals surface area contributed by atoms with E-state index in [0.717, 1.165) is 15.3 Å². The molecule has 3 aromatic rings. The minimum atomic E-state index is 0.548. The summed E-state index contributed by atoms with van der Waals surface area (Å²) in [6.07, 6.45) is 0. The summed E-state index contributed by atoms with van der Waals surface area (Å²) < 4.78 is 6.61. The van der Waals surface area contributed by atoms with Crippen LogP contribution >= 0.6 is 15.9 Å². The molecule has 0 aliphatic heterocycles. The fourth-order valence-electron chi connectivity index (χ4n) is 1.85. The van der Waals surface area contributed by atoms with Crippen LogP contribution in [0.3, 0.4) is 0 Å². The Morgan fingerprint density at radius 1 is 1.06 bits per heavy atom. The van der Waals surface area contributed by atoms with Gasteiger partial charge in [0.05, 0.1) is 4.43 Å². The zero-order chi connectivity index (χ0) is 11.8. The average molecular weight is 291 g/mol. The van der Waals surface area contributed by atoms with Crippen molar-refractivity contribution in [2.75, 3.05) is 0 Å². The molecule has 0 bridgehead atoms. The molecule has 0 fully saturated rings. The van der Waals surface area contributed by atoms with E-state index in [9.17, 15) is 4.91 Å². The standard InChI is InChI=1S/C13H9BrNO2/c14-8-9-5-6-13-11(7-9)15(16)10-3-1-2-4-12(10)17-13/h1-7H,8H2/q+1. The van der Waals surface area contributed by atoms with Crippen LogP contribution in [-0.4, -0.2) is 0 Å². The van der Waals surface area contributed by atoms with Crippen molar-refractivity contribution in [3.05, 3.63) is 52.9 Å². The second-order valence-corrected chi connectivity index (χ2v) is 4.36. The van der Waals surface area contributed by atoms with Gasteiger partial charge in [-0.25, -0.2) is 0 Å². The molecule has 3 rings (SSSR count). The number of alkyl halides is 1. The third-order valence-corrected chi connectivity index (χ3v) is 3.35. The third kappa shape index (κ3) is 1.65. The van der Waals surface area contributed by atoms with E-state index in [1.165, 1.54) is 0 Å². The number of rotatable bonds is 1. The monoisotopic (exact) mass is 290 g/mol. The largest absolute Gasteiger partial charge is 0.443 e. The Labute approximate surface area is 105 Å². The summed E-state index contributed by atoms with van der Waals surface area (Å²) in [7, 11) is 0. The third-order valence-electron chi connectivity index (χ3n) is 2.70. The quantitative estimate of drug-likeness (QED) is 0.391. The lowest BCUT2D eigenvalue weighted by molar-refractivity contribution is -0.433. The van der Waals surface area contributed by atoms with E-state index in [4.69, 9.17) is 4.42 Å². The number of halogens is 1. The van der Waals surface area contributed by atoms with Gasteiger partial charge in [-0.3, -0.25) is 0 Å². The Bertz CT molecular complexity index is 764. The van der Waals surface area contributed by atoms with Crippen LogP contribution in [-0.2, 0) is 5.33 Å². The maximum Gasteiger partial charge on any atom is 0.306 e. The molecular weight excluding hydrogens is 282 g/mol. The van der Waals surface area contributed by atoms with Crippen molar-refractivity contribution in [1.82, 2.24) is 0 Å². The number of hydrogen-bond donors (Lipinski definition) is 0. The van der Waals surface area contributed by atoms with Crippen LogP contribution in [0.25, 0.3) is 22.2 Å². The van der Waals surface area contributed by atoms with Crippen molar-refractivity contribution in [3.8, 4) is 0 Å². The van der Waals surface area contributed by atoms with Gasteiger partial charge in [-0.1, -0.05) is 34.1 Å². The molecule has 0 unspecified atom stereocenters. The summed E-state index contributed by atoms with van der Waals surface area (Å²) in [6, 6.07) is 12.8. The highest BCUT2D eigenvalue weighted by atomic mass is 79.9. The van der Waals surface area contributed by atoms with Gasteiger partial charge in [0.2, 0.25) is 11.2 Å². The Hall–Kier alpha value is -1.68. The van der Waals surface area contributed by atoms with Crippen molar-refractivity contribution in [3.63, 3.8) is 0 Å². The van der Waals surface area contributed by atoms with Crippen LogP contribution in [0.5, 0.6) is 0 Å². The van der Waals surface area contributed by atoms with Gasteiger partial charge in [0.1, 0.15) is 0 Å². The highest BCUT2D eigenvalue weighted by Crippen LogP contribution is 2.19. The fraction of sp³-hybridized carbons (Fsp3) is 0.0769. The van der Waals surface area contributed by atoms with Gasteiger partial charge in [-0.2, -0.15) is 0 Å². The molecule has 0 saturated heterocycles. The highest BCUT2D eigenvalue weighted by Gasteiger charge is 2.15. The van der Waals surface area contributed by atoms with Crippen molar-refractivity contribution in [2.45, 2.75) is 5.33 Å². The second-order valence-electron chi connectivity index (χ2n) is 3.80. The molecule has 1 heterocycles. The Morgan fingerprint density at radius 2 is 1.82 bits per heavy atom. The minimum Gasteiger partial charge on any atom is -0.443 e. The summed E-state index contributed by atoms with van der Waals surface area (Å²) in [5, 5.41) is 0.718. The number of fused-ring (bicyclic) bond motifs is 2.